The lowest BCUT2D eigenvalue weighted by molar-refractivity contribution is 0.0696. The Morgan fingerprint density at radius 3 is 2.50 bits per heavy atom. The Hall–Kier alpha value is -1.47. The molecule has 0 aromatic heterocycles. The summed E-state index contributed by atoms with van der Waals surface area (Å²) in [5.74, 6) is -2.29. The Balaban J connectivity index is 3.09. The van der Waals surface area contributed by atoms with E-state index in [4.69, 9.17) is 5.11 Å². The quantitative estimate of drug-likeness (QED) is 0.844. The molecule has 0 heterocycles. The van der Waals surface area contributed by atoms with Gasteiger partial charge in [0.1, 0.15) is 10.7 Å². The minimum atomic E-state index is -4.08. The summed E-state index contributed by atoms with van der Waals surface area (Å²) in [6.45, 7) is 5.81. The largest absolute Gasteiger partial charge is 0.478 e. The molecule has 1 rings (SSSR count). The summed E-state index contributed by atoms with van der Waals surface area (Å²) in [5, 5.41) is 8.83. The summed E-state index contributed by atoms with van der Waals surface area (Å²) in [6.07, 6.45) is 0.743. The monoisotopic (exact) mass is 303 g/mol. The predicted octanol–water partition coefficient (Wildman–Crippen LogP) is 2.24. The molecule has 0 bridgehead atoms. The van der Waals surface area contributed by atoms with E-state index in [1.54, 1.807) is 0 Å². The first kappa shape index (κ1) is 16.6. The zero-order valence-electron chi connectivity index (χ0n) is 11.6. The molecule has 20 heavy (non-hydrogen) atoms. The number of carboxylic acids is 1. The van der Waals surface area contributed by atoms with Crippen molar-refractivity contribution in [3.05, 3.63) is 29.6 Å². The van der Waals surface area contributed by atoms with Crippen molar-refractivity contribution in [2.24, 2.45) is 5.41 Å². The van der Waals surface area contributed by atoms with Crippen LogP contribution in [0.25, 0.3) is 0 Å². The highest BCUT2D eigenvalue weighted by molar-refractivity contribution is 7.89. The number of nitrogens with one attached hydrogen (secondary N) is 1. The topological polar surface area (TPSA) is 83.5 Å². The number of carbonyl (C=O) groups is 1. The Morgan fingerprint density at radius 1 is 1.40 bits per heavy atom. The Labute approximate surface area is 117 Å². The van der Waals surface area contributed by atoms with Gasteiger partial charge in [0.05, 0.1) is 5.56 Å². The molecular formula is C13H18FNO4S. The van der Waals surface area contributed by atoms with Crippen LogP contribution in [0.15, 0.2) is 23.1 Å². The Morgan fingerprint density at radius 2 is 2.00 bits per heavy atom. The lowest BCUT2D eigenvalue weighted by atomic mass is 9.91. The van der Waals surface area contributed by atoms with Crippen molar-refractivity contribution in [2.45, 2.75) is 32.1 Å². The van der Waals surface area contributed by atoms with E-state index in [0.717, 1.165) is 24.6 Å². The van der Waals surface area contributed by atoms with Gasteiger partial charge >= 0.3 is 5.97 Å². The summed E-state index contributed by atoms with van der Waals surface area (Å²) in [5.41, 5.74) is -0.546. The molecule has 0 aliphatic rings. The van der Waals surface area contributed by atoms with E-state index in [-0.39, 0.29) is 17.5 Å². The third kappa shape index (κ3) is 4.01. The van der Waals surface area contributed by atoms with Gasteiger partial charge in [-0.1, -0.05) is 20.8 Å². The second kappa shape index (κ2) is 5.88. The van der Waals surface area contributed by atoms with Crippen molar-refractivity contribution in [1.29, 1.82) is 0 Å². The van der Waals surface area contributed by atoms with Crippen LogP contribution in [0, 0.1) is 11.2 Å². The molecule has 0 fully saturated rings. The van der Waals surface area contributed by atoms with E-state index in [1.807, 2.05) is 20.8 Å². The van der Waals surface area contributed by atoms with E-state index >= 15 is 0 Å². The molecule has 112 valence electrons. The average molecular weight is 303 g/mol. The van der Waals surface area contributed by atoms with Gasteiger partial charge in [-0.3, -0.25) is 0 Å². The van der Waals surface area contributed by atoms with Crippen LogP contribution in [0.4, 0.5) is 4.39 Å². The van der Waals surface area contributed by atoms with Crippen LogP contribution < -0.4 is 4.72 Å². The molecule has 0 amide bonds. The van der Waals surface area contributed by atoms with Crippen molar-refractivity contribution in [3.8, 4) is 0 Å². The van der Waals surface area contributed by atoms with Crippen molar-refractivity contribution < 1.29 is 22.7 Å². The van der Waals surface area contributed by atoms with Crippen LogP contribution in [0.3, 0.4) is 0 Å². The molecule has 0 aliphatic carbocycles. The standard InChI is InChI=1S/C13H18FNO4S/c1-4-13(2,3)8-15-20(18,19)11-7-9(12(16)17)5-6-10(11)14/h5-7,15H,4,8H2,1-3H3,(H,16,17). The molecule has 0 saturated heterocycles. The van der Waals surface area contributed by atoms with Crippen LogP contribution >= 0.6 is 0 Å². The summed E-state index contributed by atoms with van der Waals surface area (Å²) >= 11 is 0. The molecule has 0 aliphatic heterocycles. The van der Waals surface area contributed by atoms with Crippen molar-refractivity contribution in [2.75, 3.05) is 6.54 Å². The van der Waals surface area contributed by atoms with E-state index in [2.05, 4.69) is 4.72 Å². The number of aromatic carboxylic acids is 1. The molecule has 0 radical (unpaired) electrons. The molecule has 5 nitrogen and oxygen atoms in total. The van der Waals surface area contributed by atoms with Gasteiger partial charge in [-0.15, -0.1) is 0 Å². The van der Waals surface area contributed by atoms with Gasteiger partial charge in [-0.25, -0.2) is 22.3 Å². The fourth-order valence-electron chi connectivity index (χ4n) is 1.34. The maximum Gasteiger partial charge on any atom is 0.335 e. The van der Waals surface area contributed by atoms with Crippen molar-refractivity contribution >= 4 is 16.0 Å². The molecule has 7 heteroatoms. The Bertz CT molecular complexity index is 611. The maximum absolute atomic E-state index is 13.6. The normalized spacial score (nSPS) is 12.4. The van der Waals surface area contributed by atoms with Crippen molar-refractivity contribution in [1.82, 2.24) is 4.72 Å². The summed E-state index contributed by atoms with van der Waals surface area (Å²) in [7, 11) is -4.08. The highest BCUT2D eigenvalue weighted by atomic mass is 32.2. The number of rotatable bonds is 6. The van der Waals surface area contributed by atoms with Gasteiger partial charge in [-0.2, -0.15) is 0 Å². The molecule has 1 aromatic carbocycles. The van der Waals surface area contributed by atoms with E-state index in [0.29, 0.717) is 0 Å². The number of halogens is 1. The van der Waals surface area contributed by atoms with Gasteiger partial charge in [0.25, 0.3) is 0 Å². The first-order chi connectivity index (χ1) is 9.09. The molecular weight excluding hydrogens is 285 g/mol. The smallest absolute Gasteiger partial charge is 0.335 e. The molecule has 0 saturated carbocycles. The van der Waals surface area contributed by atoms with Crippen LogP contribution in [0.2, 0.25) is 0 Å². The highest BCUT2D eigenvalue weighted by Crippen LogP contribution is 2.21. The minimum Gasteiger partial charge on any atom is -0.478 e. The molecule has 0 spiro atoms. The first-order valence-corrected chi connectivity index (χ1v) is 7.60. The van der Waals surface area contributed by atoms with Gasteiger partial charge in [0, 0.05) is 6.54 Å². The van der Waals surface area contributed by atoms with Gasteiger partial charge in [0.15, 0.2) is 0 Å². The Kier molecular flexibility index (Phi) is 4.88. The van der Waals surface area contributed by atoms with E-state index in [1.165, 1.54) is 0 Å². The summed E-state index contributed by atoms with van der Waals surface area (Å²) in [6, 6.07) is 2.68. The van der Waals surface area contributed by atoms with Crippen molar-refractivity contribution in [3.63, 3.8) is 0 Å². The first-order valence-electron chi connectivity index (χ1n) is 6.11. The number of hydrogen-bond donors (Lipinski definition) is 2. The zero-order chi connectivity index (χ0) is 15.6. The van der Waals surface area contributed by atoms with Crippen LogP contribution in [0.5, 0.6) is 0 Å². The van der Waals surface area contributed by atoms with E-state index < -0.39 is 26.7 Å². The van der Waals surface area contributed by atoms with Crippen LogP contribution in [0.1, 0.15) is 37.6 Å². The lowest BCUT2D eigenvalue weighted by Crippen LogP contribution is -2.34. The molecule has 2 N–H and O–H groups in total. The van der Waals surface area contributed by atoms with Gasteiger partial charge in [0.2, 0.25) is 10.0 Å². The van der Waals surface area contributed by atoms with Gasteiger partial charge in [-0.05, 0) is 30.0 Å². The predicted molar refractivity (Wildman–Crippen MR) is 72.6 cm³/mol. The third-order valence-corrected chi connectivity index (χ3v) is 4.58. The highest BCUT2D eigenvalue weighted by Gasteiger charge is 2.24. The maximum atomic E-state index is 13.6. The molecule has 0 unspecified atom stereocenters. The number of sulfonamides is 1. The SMILES string of the molecule is CCC(C)(C)CNS(=O)(=O)c1cc(C(=O)O)ccc1F. The van der Waals surface area contributed by atoms with E-state index in [9.17, 15) is 17.6 Å². The summed E-state index contributed by atoms with van der Waals surface area (Å²) in [4.78, 5) is 10.2. The number of benzene rings is 1. The third-order valence-electron chi connectivity index (χ3n) is 3.17. The van der Waals surface area contributed by atoms with Crippen LogP contribution in [-0.2, 0) is 10.0 Å². The fraction of sp³-hybridized carbons (Fsp3) is 0.462. The number of hydrogen-bond acceptors (Lipinski definition) is 3. The van der Waals surface area contributed by atoms with Gasteiger partial charge < -0.3 is 5.11 Å². The molecule has 1 aromatic rings. The molecule has 0 atom stereocenters. The minimum absolute atomic E-state index is 0.141. The fourth-order valence-corrected chi connectivity index (χ4v) is 2.68. The zero-order valence-corrected chi connectivity index (χ0v) is 12.4. The lowest BCUT2D eigenvalue weighted by Gasteiger charge is -2.22. The summed E-state index contributed by atoms with van der Waals surface area (Å²) < 4.78 is 40.0. The number of carboxylic acid groups (broad SMARTS) is 1. The average Bonchev–Trinajstić information content (AvgIpc) is 2.37. The second-order valence-corrected chi connectivity index (χ2v) is 7.03. The van der Waals surface area contributed by atoms with Crippen LogP contribution in [-0.4, -0.2) is 26.0 Å². The second-order valence-electron chi connectivity index (χ2n) is 5.29.